The maximum atomic E-state index is 13.0. The zero-order valence-corrected chi connectivity index (χ0v) is 16.2. The lowest BCUT2D eigenvalue weighted by molar-refractivity contribution is -0.149. The maximum Gasteiger partial charge on any atom is 0.417 e. The summed E-state index contributed by atoms with van der Waals surface area (Å²) in [5.74, 6) is -2.45. The number of carboxylic acids is 1. The minimum atomic E-state index is -1.47. The van der Waals surface area contributed by atoms with Gasteiger partial charge in [-0.05, 0) is 17.5 Å². The summed E-state index contributed by atoms with van der Waals surface area (Å²) in [4.78, 5) is 50.0. The summed E-state index contributed by atoms with van der Waals surface area (Å²) in [7, 11) is 0. The van der Waals surface area contributed by atoms with Crippen molar-refractivity contribution in [2.75, 3.05) is 0 Å². The Morgan fingerprint density at radius 3 is 2.17 bits per heavy atom. The maximum absolute atomic E-state index is 13.0. The second-order valence-electron chi connectivity index (χ2n) is 6.95. The van der Waals surface area contributed by atoms with Gasteiger partial charge in [0.1, 0.15) is 18.7 Å². The molecule has 30 heavy (non-hydrogen) atoms. The van der Waals surface area contributed by atoms with Gasteiger partial charge < -0.3 is 15.2 Å². The number of amides is 3. The normalized spacial score (nSPS) is 16.4. The number of carbonyl (C=O) groups excluding carboxylic acids is 3. The molecule has 1 aliphatic rings. The monoisotopic (exact) mass is 410 g/mol. The van der Waals surface area contributed by atoms with Crippen molar-refractivity contribution in [1.82, 2.24) is 10.2 Å². The van der Waals surface area contributed by atoms with Gasteiger partial charge in [0, 0.05) is 12.8 Å². The Morgan fingerprint density at radius 2 is 1.63 bits per heavy atom. The van der Waals surface area contributed by atoms with Crippen LogP contribution < -0.4 is 5.32 Å². The van der Waals surface area contributed by atoms with Gasteiger partial charge in [-0.3, -0.25) is 9.59 Å². The fourth-order valence-corrected chi connectivity index (χ4v) is 3.25. The van der Waals surface area contributed by atoms with Crippen LogP contribution in [0.2, 0.25) is 0 Å². The van der Waals surface area contributed by atoms with Crippen LogP contribution in [0.1, 0.15) is 24.0 Å². The largest absolute Gasteiger partial charge is 0.480 e. The predicted molar refractivity (Wildman–Crippen MR) is 106 cm³/mol. The van der Waals surface area contributed by atoms with Crippen molar-refractivity contribution in [3.05, 3.63) is 71.8 Å². The first-order valence-corrected chi connectivity index (χ1v) is 9.55. The van der Waals surface area contributed by atoms with E-state index in [-0.39, 0.29) is 31.8 Å². The van der Waals surface area contributed by atoms with Gasteiger partial charge >= 0.3 is 12.1 Å². The lowest BCUT2D eigenvalue weighted by atomic mass is 10.0. The number of hydrogen-bond donors (Lipinski definition) is 2. The summed E-state index contributed by atoms with van der Waals surface area (Å²) >= 11 is 0. The molecule has 2 aromatic carbocycles. The van der Waals surface area contributed by atoms with Gasteiger partial charge in [0.15, 0.2) is 0 Å². The van der Waals surface area contributed by atoms with Crippen LogP contribution in [-0.4, -0.2) is 46.0 Å². The van der Waals surface area contributed by atoms with Gasteiger partial charge in [0.2, 0.25) is 5.91 Å². The fourth-order valence-electron chi connectivity index (χ4n) is 3.25. The first-order chi connectivity index (χ1) is 14.5. The van der Waals surface area contributed by atoms with Gasteiger partial charge in [-0.15, -0.1) is 0 Å². The van der Waals surface area contributed by atoms with E-state index in [4.69, 9.17) is 4.74 Å². The highest BCUT2D eigenvalue weighted by Gasteiger charge is 2.41. The summed E-state index contributed by atoms with van der Waals surface area (Å²) in [6, 6.07) is 15.1. The molecule has 2 atom stereocenters. The van der Waals surface area contributed by atoms with E-state index in [1.165, 1.54) is 0 Å². The molecule has 0 aromatic heterocycles. The number of carbonyl (C=O) groups is 4. The highest BCUT2D eigenvalue weighted by atomic mass is 16.6. The molecule has 0 bridgehead atoms. The Bertz CT molecular complexity index is 916. The van der Waals surface area contributed by atoms with Gasteiger partial charge in [-0.2, -0.15) is 0 Å². The van der Waals surface area contributed by atoms with Crippen LogP contribution in [0.4, 0.5) is 4.79 Å². The third kappa shape index (κ3) is 5.22. The number of benzene rings is 2. The first kappa shape index (κ1) is 21.0. The van der Waals surface area contributed by atoms with E-state index in [2.05, 4.69) is 5.32 Å². The Morgan fingerprint density at radius 1 is 1.03 bits per heavy atom. The smallest absolute Gasteiger partial charge is 0.417 e. The number of carboxylic acid groups (broad SMARTS) is 1. The molecular formula is C22H22N2O6. The Hall–Kier alpha value is -3.68. The number of nitrogens with one attached hydrogen (secondary N) is 1. The molecule has 1 fully saturated rings. The predicted octanol–water partition coefficient (Wildman–Crippen LogP) is 2.13. The molecule has 156 valence electrons. The van der Waals surface area contributed by atoms with E-state index in [0.717, 1.165) is 0 Å². The van der Waals surface area contributed by atoms with E-state index < -0.39 is 30.1 Å². The van der Waals surface area contributed by atoms with E-state index in [0.29, 0.717) is 16.0 Å². The van der Waals surface area contributed by atoms with Crippen LogP contribution in [0, 0.1) is 0 Å². The zero-order valence-electron chi connectivity index (χ0n) is 16.2. The van der Waals surface area contributed by atoms with Crippen molar-refractivity contribution >= 4 is 23.9 Å². The van der Waals surface area contributed by atoms with Gasteiger partial charge in [0.05, 0.1) is 0 Å². The second-order valence-corrected chi connectivity index (χ2v) is 6.95. The lowest BCUT2D eigenvalue weighted by Crippen LogP contribution is -2.55. The highest BCUT2D eigenvalue weighted by Crippen LogP contribution is 2.17. The number of aliphatic carboxylic acids is 1. The van der Waals surface area contributed by atoms with Crippen molar-refractivity contribution in [3.63, 3.8) is 0 Å². The van der Waals surface area contributed by atoms with E-state index in [9.17, 15) is 24.3 Å². The van der Waals surface area contributed by atoms with Crippen LogP contribution in [0.25, 0.3) is 0 Å². The quantitative estimate of drug-likeness (QED) is 0.723. The summed E-state index contributed by atoms with van der Waals surface area (Å²) in [6.45, 7) is -0.113. The van der Waals surface area contributed by atoms with Gasteiger partial charge in [0.25, 0.3) is 5.91 Å². The van der Waals surface area contributed by atoms with E-state index in [1.807, 2.05) is 6.07 Å². The number of imide groups is 1. The molecule has 0 saturated carbocycles. The molecule has 8 heteroatoms. The average molecular weight is 410 g/mol. The second kappa shape index (κ2) is 9.69. The summed E-state index contributed by atoms with van der Waals surface area (Å²) in [5.41, 5.74) is 1.34. The SMILES string of the molecule is O=C1CCC(C(=O)N(C(=O)OCc2ccccc2)C(Cc2ccccc2)C(=O)O)N1. The lowest BCUT2D eigenvalue weighted by Gasteiger charge is -2.28. The van der Waals surface area contributed by atoms with Crippen molar-refractivity contribution < 1.29 is 29.0 Å². The molecule has 1 saturated heterocycles. The van der Waals surface area contributed by atoms with E-state index >= 15 is 0 Å². The summed E-state index contributed by atoms with van der Waals surface area (Å²) < 4.78 is 5.26. The standard InChI is InChI=1S/C22H22N2O6/c25-19-12-11-17(23-19)20(26)24(22(29)30-14-16-9-5-2-6-10-16)18(21(27)28)13-15-7-3-1-4-8-15/h1-10,17-18H,11-14H2,(H,23,25)(H,27,28). The van der Waals surface area contributed by atoms with Crippen LogP contribution in [0.5, 0.6) is 0 Å². The third-order valence-corrected chi connectivity index (χ3v) is 4.80. The van der Waals surface area contributed by atoms with Crippen LogP contribution in [0.15, 0.2) is 60.7 Å². The molecule has 2 aromatic rings. The third-order valence-electron chi connectivity index (χ3n) is 4.80. The van der Waals surface area contributed by atoms with Gasteiger partial charge in [-0.25, -0.2) is 14.5 Å². The van der Waals surface area contributed by atoms with Crippen molar-refractivity contribution in [1.29, 1.82) is 0 Å². The molecule has 0 spiro atoms. The van der Waals surface area contributed by atoms with Crippen LogP contribution >= 0.6 is 0 Å². The highest BCUT2D eigenvalue weighted by molar-refractivity contribution is 6.01. The van der Waals surface area contributed by atoms with Crippen LogP contribution in [-0.2, 0) is 32.1 Å². The zero-order chi connectivity index (χ0) is 21.5. The minimum Gasteiger partial charge on any atom is -0.480 e. The molecule has 0 radical (unpaired) electrons. The Kier molecular flexibility index (Phi) is 6.79. The molecule has 1 aliphatic heterocycles. The fraction of sp³-hybridized carbons (Fsp3) is 0.273. The number of nitrogens with zero attached hydrogens (tertiary/aromatic N) is 1. The average Bonchev–Trinajstić information content (AvgIpc) is 3.19. The molecule has 3 rings (SSSR count). The van der Waals surface area contributed by atoms with Crippen molar-refractivity contribution in [2.24, 2.45) is 0 Å². The molecule has 0 aliphatic carbocycles. The summed E-state index contributed by atoms with van der Waals surface area (Å²) in [6.07, 6.45) is -0.811. The molecule has 2 N–H and O–H groups in total. The van der Waals surface area contributed by atoms with E-state index in [1.54, 1.807) is 54.6 Å². The van der Waals surface area contributed by atoms with Crippen LogP contribution in [0.3, 0.4) is 0 Å². The number of hydrogen-bond acceptors (Lipinski definition) is 5. The number of rotatable bonds is 7. The topological polar surface area (TPSA) is 113 Å². The molecule has 2 unspecified atom stereocenters. The molecular weight excluding hydrogens is 388 g/mol. The van der Waals surface area contributed by atoms with Crippen molar-refractivity contribution in [2.45, 2.75) is 38.0 Å². The minimum absolute atomic E-state index is 0.0803. The van der Waals surface area contributed by atoms with Gasteiger partial charge in [-0.1, -0.05) is 60.7 Å². The number of ether oxygens (including phenoxy) is 1. The molecule has 1 heterocycles. The van der Waals surface area contributed by atoms with Crippen molar-refractivity contribution in [3.8, 4) is 0 Å². The Labute approximate surface area is 173 Å². The molecule has 8 nitrogen and oxygen atoms in total. The first-order valence-electron chi connectivity index (χ1n) is 9.55. The molecule has 3 amide bonds. The summed E-state index contributed by atoms with van der Waals surface area (Å²) in [5, 5.41) is 12.3. The Balaban J connectivity index is 1.84.